The van der Waals surface area contributed by atoms with Gasteiger partial charge in [-0.2, -0.15) is 0 Å². The smallest absolute Gasteiger partial charge is 0.497 e. The number of methoxy groups -OCH3 is 1. The molecule has 0 atom stereocenters. The Balaban J connectivity index is 1.72. The van der Waals surface area contributed by atoms with Crippen molar-refractivity contribution in [3.63, 3.8) is 0 Å². The molecule has 184 valence electrons. The summed E-state index contributed by atoms with van der Waals surface area (Å²) in [5.74, 6) is 0.726. The maximum absolute atomic E-state index is 16.3. The Morgan fingerprint density at radius 3 is 2.22 bits per heavy atom. The molecule has 0 N–H and O–H groups in total. The lowest BCUT2D eigenvalue weighted by atomic mass is 9.84. The minimum atomic E-state index is -4.09. The zero-order valence-corrected chi connectivity index (χ0v) is 21.5. The summed E-state index contributed by atoms with van der Waals surface area (Å²) in [5, 5.41) is 0. The monoisotopic (exact) mass is 485 g/mol. The zero-order valence-electron chi connectivity index (χ0n) is 21.5. The molecule has 0 aliphatic carbocycles. The van der Waals surface area contributed by atoms with Gasteiger partial charge in [-0.15, -0.1) is 0 Å². The quantitative estimate of drug-likeness (QED) is 0.396. The molecule has 4 nitrogen and oxygen atoms in total. The van der Waals surface area contributed by atoms with Crippen molar-refractivity contribution in [1.29, 1.82) is 0 Å². The van der Waals surface area contributed by atoms with Gasteiger partial charge in [0.2, 0.25) is 0 Å². The van der Waals surface area contributed by atoms with E-state index >= 15 is 8.63 Å². The van der Waals surface area contributed by atoms with Gasteiger partial charge in [-0.1, -0.05) is 24.3 Å². The van der Waals surface area contributed by atoms with Crippen LogP contribution >= 0.6 is 0 Å². The van der Waals surface area contributed by atoms with Crippen LogP contribution in [0, 0.1) is 13.8 Å². The van der Waals surface area contributed by atoms with Crippen molar-refractivity contribution >= 4 is 30.0 Å². The first kappa shape index (κ1) is 23.9. The number of anilines is 1. The summed E-state index contributed by atoms with van der Waals surface area (Å²) in [5.41, 5.74) is 7.53. The minimum Gasteiger partial charge on any atom is -0.497 e. The number of hydrogen-bond acceptors (Lipinski definition) is 2. The number of halogens is 2. The Morgan fingerprint density at radius 2 is 1.61 bits per heavy atom. The van der Waals surface area contributed by atoms with Crippen LogP contribution in [-0.2, 0) is 0 Å². The largest absolute Gasteiger partial charge is 0.737 e. The molecule has 0 radical (unpaired) electrons. The first-order chi connectivity index (χ1) is 17.1. The van der Waals surface area contributed by atoms with Crippen molar-refractivity contribution < 1.29 is 17.9 Å². The number of nitrogens with zero attached hydrogens (tertiary/aromatic N) is 3. The van der Waals surface area contributed by atoms with Crippen molar-refractivity contribution in [3.8, 4) is 5.75 Å². The fraction of sp³-hybridized carbons (Fsp3) is 0.207. The van der Waals surface area contributed by atoms with E-state index in [2.05, 4.69) is 0 Å². The Morgan fingerprint density at radius 1 is 0.944 bits per heavy atom. The van der Waals surface area contributed by atoms with E-state index in [9.17, 15) is 0 Å². The SMILES string of the molecule is COc1ccc(C2=C3C(C)=CC(/C=C/c4ccc(N(C)C)cc4)=[N+]3[B-](F)(F)n3c(C)cc(C)c32)cc1. The third-order valence-electron chi connectivity index (χ3n) is 7.01. The van der Waals surface area contributed by atoms with Gasteiger partial charge < -0.3 is 27.2 Å². The molecule has 36 heavy (non-hydrogen) atoms. The number of rotatable bonds is 5. The van der Waals surface area contributed by atoms with Crippen LogP contribution in [0.15, 0.2) is 78.0 Å². The van der Waals surface area contributed by atoms with Crippen molar-refractivity contribution in [2.45, 2.75) is 20.8 Å². The fourth-order valence-corrected chi connectivity index (χ4v) is 5.32. The van der Waals surface area contributed by atoms with E-state index in [0.717, 1.165) is 39.3 Å². The highest BCUT2D eigenvalue weighted by Crippen LogP contribution is 2.44. The zero-order chi connectivity index (χ0) is 25.8. The molecule has 0 bridgehead atoms. The number of benzene rings is 2. The molecule has 0 unspecified atom stereocenters. The molecule has 0 saturated heterocycles. The van der Waals surface area contributed by atoms with Crippen LogP contribution < -0.4 is 9.64 Å². The topological polar surface area (TPSA) is 20.4 Å². The predicted molar refractivity (Wildman–Crippen MR) is 145 cm³/mol. The van der Waals surface area contributed by atoms with Crippen molar-refractivity contribution in [1.82, 2.24) is 4.48 Å². The van der Waals surface area contributed by atoms with Crippen LogP contribution in [0.1, 0.15) is 35.0 Å². The van der Waals surface area contributed by atoms with Gasteiger partial charge >= 0.3 is 6.97 Å². The Labute approximate surface area is 211 Å². The van der Waals surface area contributed by atoms with E-state index < -0.39 is 6.97 Å². The molecule has 3 aromatic rings. The molecule has 2 aliphatic heterocycles. The number of hydrogen-bond donors (Lipinski definition) is 0. The van der Waals surface area contributed by atoms with Gasteiger partial charge in [-0.05, 0) is 79.6 Å². The molecule has 3 heterocycles. The summed E-state index contributed by atoms with van der Waals surface area (Å²) < 4.78 is 40.4. The first-order valence-electron chi connectivity index (χ1n) is 12.0. The van der Waals surface area contributed by atoms with E-state index in [1.54, 1.807) is 20.1 Å². The molecule has 0 amide bonds. The van der Waals surface area contributed by atoms with Crippen LogP contribution in [0.25, 0.3) is 11.6 Å². The number of ether oxygens (including phenoxy) is 1. The van der Waals surface area contributed by atoms with Crippen LogP contribution in [0.2, 0.25) is 0 Å². The average molecular weight is 485 g/mol. The van der Waals surface area contributed by atoms with E-state index in [1.807, 2.05) is 99.6 Å². The van der Waals surface area contributed by atoms with Gasteiger partial charge in [0.1, 0.15) is 5.75 Å². The maximum atomic E-state index is 16.3. The highest BCUT2D eigenvalue weighted by Gasteiger charge is 2.55. The Hall–Kier alpha value is -3.87. The second kappa shape index (κ2) is 8.66. The summed E-state index contributed by atoms with van der Waals surface area (Å²) in [6.45, 7) is 1.47. The van der Waals surface area contributed by atoms with Gasteiger partial charge in [0.05, 0.1) is 12.7 Å². The van der Waals surface area contributed by atoms with Gasteiger partial charge in [0, 0.05) is 43.2 Å². The summed E-state index contributed by atoms with van der Waals surface area (Å²) in [4.78, 5) is 2.03. The summed E-state index contributed by atoms with van der Waals surface area (Å²) in [6.07, 6.45) is 5.54. The normalized spacial score (nSPS) is 16.4. The van der Waals surface area contributed by atoms with Crippen molar-refractivity contribution in [2.75, 3.05) is 26.1 Å². The molecular weight excluding hydrogens is 455 g/mol. The van der Waals surface area contributed by atoms with Gasteiger partial charge in [0.15, 0.2) is 11.4 Å². The fourth-order valence-electron chi connectivity index (χ4n) is 5.32. The summed E-state index contributed by atoms with van der Waals surface area (Å²) in [7, 11) is 5.59. The first-order valence-corrected chi connectivity index (χ1v) is 12.0. The molecule has 0 saturated carbocycles. The number of aryl methyl sites for hydroxylation is 2. The Kier molecular flexibility index (Phi) is 5.74. The predicted octanol–water partition coefficient (Wildman–Crippen LogP) is 6.30. The van der Waals surface area contributed by atoms with E-state index in [-0.39, 0.29) is 0 Å². The second-order valence-electron chi connectivity index (χ2n) is 9.67. The lowest BCUT2D eigenvalue weighted by molar-refractivity contribution is -0.362. The van der Waals surface area contributed by atoms with Crippen LogP contribution in [0.5, 0.6) is 5.75 Å². The highest BCUT2D eigenvalue weighted by molar-refractivity contribution is 6.58. The number of aromatic nitrogens is 1. The standard InChI is InChI=1S/C29H30BF2N3O/c1-19-17-21(3)34-28(19)27(23-10-15-26(36-6)16-11-23)29-20(2)18-25(35(29)30(34,31)32)14-9-22-7-12-24(13-8-22)33(4)5/h7-18H,1-6H3/b14-9+. The molecule has 2 aliphatic rings. The molecule has 0 spiro atoms. The van der Waals surface area contributed by atoms with E-state index in [1.165, 1.54) is 8.96 Å². The molecule has 1 aromatic heterocycles. The second-order valence-corrected chi connectivity index (χ2v) is 9.67. The molecule has 2 aromatic carbocycles. The van der Waals surface area contributed by atoms with Crippen molar-refractivity contribution in [2.24, 2.45) is 0 Å². The third-order valence-corrected chi connectivity index (χ3v) is 7.01. The van der Waals surface area contributed by atoms with Gasteiger partial charge in [-0.25, -0.2) is 0 Å². The lowest BCUT2D eigenvalue weighted by Crippen LogP contribution is -2.51. The van der Waals surface area contributed by atoms with E-state index in [0.29, 0.717) is 22.8 Å². The van der Waals surface area contributed by atoms with Gasteiger partial charge in [0.25, 0.3) is 0 Å². The number of allylic oxidation sites excluding steroid dienone is 3. The molecule has 0 fully saturated rings. The average Bonchev–Trinajstić information content (AvgIpc) is 3.35. The third kappa shape index (κ3) is 3.70. The lowest BCUT2D eigenvalue weighted by Gasteiger charge is -2.34. The van der Waals surface area contributed by atoms with Crippen LogP contribution in [0.4, 0.5) is 14.3 Å². The molecule has 7 heteroatoms. The van der Waals surface area contributed by atoms with Crippen LogP contribution in [-0.4, -0.2) is 42.9 Å². The number of fused-ring (bicyclic) bond motifs is 2. The van der Waals surface area contributed by atoms with Crippen molar-refractivity contribution in [3.05, 3.63) is 106 Å². The van der Waals surface area contributed by atoms with E-state index in [4.69, 9.17) is 4.74 Å². The summed E-state index contributed by atoms with van der Waals surface area (Å²) in [6, 6.07) is 17.5. The maximum Gasteiger partial charge on any atom is 0.737 e. The van der Waals surface area contributed by atoms with Crippen LogP contribution in [0.3, 0.4) is 0 Å². The van der Waals surface area contributed by atoms with Gasteiger partial charge in [-0.3, -0.25) is 0 Å². The minimum absolute atomic E-state index is 0.478. The molecular formula is C29H30BF2N3O. The summed E-state index contributed by atoms with van der Waals surface area (Å²) >= 11 is 0. The highest BCUT2D eigenvalue weighted by atomic mass is 19.2. The molecule has 5 rings (SSSR count). The Bertz CT molecular complexity index is 1470.